The molecule has 2 aromatic carbocycles. The number of amides is 1. The van der Waals surface area contributed by atoms with Crippen LogP contribution in [-0.2, 0) is 4.79 Å². The minimum atomic E-state index is -0.561. The molecular weight excluding hydrogens is 425 g/mol. The summed E-state index contributed by atoms with van der Waals surface area (Å²) in [4.78, 5) is 21.6. The Morgan fingerprint density at radius 1 is 1.00 bits per heavy atom. The standard InChI is InChI=1S/C19H16Cl3N3OS/c1-19(2)24-17(11-3-5-12(20)6-4-11)18(25-19)27-10-16(26)23-15-8-13(21)7-14(22)9-15/h3-9H,10H2,1-2H3,(H,23,26). The zero-order valence-electron chi connectivity index (χ0n) is 14.6. The van der Waals surface area contributed by atoms with Gasteiger partial charge in [0.05, 0.1) is 11.5 Å². The average molecular weight is 441 g/mol. The maximum atomic E-state index is 12.3. The largest absolute Gasteiger partial charge is 0.325 e. The predicted octanol–water partition coefficient (Wildman–Crippen LogP) is 5.96. The monoisotopic (exact) mass is 439 g/mol. The van der Waals surface area contributed by atoms with E-state index in [9.17, 15) is 4.79 Å². The van der Waals surface area contributed by atoms with Crippen LogP contribution in [0.3, 0.4) is 0 Å². The SMILES string of the molecule is CC1(C)N=C(SCC(=O)Nc2cc(Cl)cc(Cl)c2)C(c2ccc(Cl)cc2)=N1. The normalized spacial score (nSPS) is 15.3. The number of nitrogens with zero attached hydrogens (tertiary/aromatic N) is 2. The summed E-state index contributed by atoms with van der Waals surface area (Å²) in [6.07, 6.45) is 0. The third-order valence-corrected chi connectivity index (χ3v) is 5.22. The fraction of sp³-hybridized carbons (Fsp3) is 0.211. The van der Waals surface area contributed by atoms with E-state index in [1.165, 1.54) is 11.8 Å². The molecule has 2 aromatic rings. The molecule has 1 aliphatic rings. The van der Waals surface area contributed by atoms with Crippen molar-refractivity contribution >= 4 is 68.9 Å². The van der Waals surface area contributed by atoms with Crippen molar-refractivity contribution in [1.29, 1.82) is 0 Å². The molecule has 1 aliphatic heterocycles. The molecule has 1 N–H and O–H groups in total. The van der Waals surface area contributed by atoms with Gasteiger partial charge in [0, 0.05) is 26.3 Å². The molecule has 3 rings (SSSR count). The summed E-state index contributed by atoms with van der Waals surface area (Å²) < 4.78 is 0. The van der Waals surface area contributed by atoms with Crippen molar-refractivity contribution in [3.8, 4) is 0 Å². The van der Waals surface area contributed by atoms with Gasteiger partial charge in [0.25, 0.3) is 0 Å². The van der Waals surface area contributed by atoms with E-state index in [2.05, 4.69) is 15.3 Å². The highest BCUT2D eigenvalue weighted by atomic mass is 35.5. The molecule has 0 aromatic heterocycles. The molecule has 4 nitrogen and oxygen atoms in total. The molecule has 0 saturated carbocycles. The highest BCUT2D eigenvalue weighted by Crippen LogP contribution is 2.28. The molecule has 0 unspecified atom stereocenters. The molecular formula is C19H16Cl3N3OS. The summed E-state index contributed by atoms with van der Waals surface area (Å²) in [6, 6.07) is 12.3. The highest BCUT2D eigenvalue weighted by Gasteiger charge is 2.28. The van der Waals surface area contributed by atoms with E-state index in [0.717, 1.165) is 16.3 Å². The second-order valence-electron chi connectivity index (χ2n) is 6.37. The van der Waals surface area contributed by atoms with Crippen LogP contribution in [0.5, 0.6) is 0 Å². The second-order valence-corrected chi connectivity index (χ2v) is 8.65. The van der Waals surface area contributed by atoms with E-state index in [1.807, 2.05) is 38.1 Å². The van der Waals surface area contributed by atoms with Gasteiger partial charge in [-0.2, -0.15) is 0 Å². The molecule has 1 heterocycles. The van der Waals surface area contributed by atoms with Crippen LogP contribution in [0.25, 0.3) is 0 Å². The first kappa shape index (κ1) is 20.2. The lowest BCUT2D eigenvalue weighted by Crippen LogP contribution is -2.17. The lowest BCUT2D eigenvalue weighted by atomic mass is 10.1. The maximum absolute atomic E-state index is 12.3. The Bertz CT molecular complexity index is 919. The van der Waals surface area contributed by atoms with Gasteiger partial charge in [-0.3, -0.25) is 9.79 Å². The molecule has 0 radical (unpaired) electrons. The quantitative estimate of drug-likeness (QED) is 0.638. The Hall–Kier alpha value is -1.53. The Balaban J connectivity index is 1.69. The van der Waals surface area contributed by atoms with E-state index < -0.39 is 5.66 Å². The van der Waals surface area contributed by atoms with Crippen LogP contribution in [0.1, 0.15) is 19.4 Å². The molecule has 0 bridgehead atoms. The van der Waals surface area contributed by atoms with Crippen molar-refractivity contribution < 1.29 is 4.79 Å². The fourth-order valence-corrected chi connectivity index (χ4v) is 4.08. The molecule has 0 fully saturated rings. The summed E-state index contributed by atoms with van der Waals surface area (Å²) in [6.45, 7) is 3.84. The van der Waals surface area contributed by atoms with Crippen LogP contribution >= 0.6 is 46.6 Å². The first-order chi connectivity index (χ1) is 12.7. The van der Waals surface area contributed by atoms with Crippen molar-refractivity contribution in [1.82, 2.24) is 0 Å². The number of carbonyl (C=O) groups excluding carboxylic acids is 1. The topological polar surface area (TPSA) is 53.8 Å². The van der Waals surface area contributed by atoms with Crippen molar-refractivity contribution in [3.05, 3.63) is 63.1 Å². The van der Waals surface area contributed by atoms with Gasteiger partial charge in [0.2, 0.25) is 5.91 Å². The third kappa shape index (κ3) is 5.48. The van der Waals surface area contributed by atoms with Gasteiger partial charge in [-0.15, -0.1) is 0 Å². The number of rotatable bonds is 4. The summed E-state index contributed by atoms with van der Waals surface area (Å²) in [7, 11) is 0. The van der Waals surface area contributed by atoms with Crippen molar-refractivity contribution in [3.63, 3.8) is 0 Å². The van der Waals surface area contributed by atoms with Gasteiger partial charge >= 0.3 is 0 Å². The van der Waals surface area contributed by atoms with Gasteiger partial charge in [0.15, 0.2) is 0 Å². The van der Waals surface area contributed by atoms with Crippen LogP contribution in [0.2, 0.25) is 15.1 Å². The number of nitrogens with one attached hydrogen (secondary N) is 1. The predicted molar refractivity (Wildman–Crippen MR) is 117 cm³/mol. The first-order valence-corrected chi connectivity index (χ1v) is 10.2. The minimum Gasteiger partial charge on any atom is -0.325 e. The van der Waals surface area contributed by atoms with Crippen LogP contribution in [0.4, 0.5) is 5.69 Å². The smallest absolute Gasteiger partial charge is 0.234 e. The summed E-state index contributed by atoms with van der Waals surface area (Å²) >= 11 is 19.2. The van der Waals surface area contributed by atoms with Crippen molar-refractivity contribution in [2.75, 3.05) is 11.1 Å². The summed E-state index contributed by atoms with van der Waals surface area (Å²) in [5.41, 5.74) is 1.67. The lowest BCUT2D eigenvalue weighted by molar-refractivity contribution is -0.113. The van der Waals surface area contributed by atoms with Gasteiger partial charge in [-0.1, -0.05) is 58.7 Å². The molecule has 0 spiro atoms. The highest BCUT2D eigenvalue weighted by molar-refractivity contribution is 8.16. The number of benzene rings is 2. The number of thioether (sulfide) groups is 1. The Labute approximate surface area is 177 Å². The summed E-state index contributed by atoms with van der Waals surface area (Å²) in [5, 5.41) is 5.09. The van der Waals surface area contributed by atoms with Gasteiger partial charge < -0.3 is 5.32 Å². The van der Waals surface area contributed by atoms with Crippen LogP contribution in [0.15, 0.2) is 52.4 Å². The fourth-order valence-electron chi connectivity index (χ4n) is 2.50. The van der Waals surface area contributed by atoms with Crippen LogP contribution < -0.4 is 5.32 Å². The van der Waals surface area contributed by atoms with E-state index in [-0.39, 0.29) is 11.7 Å². The van der Waals surface area contributed by atoms with Crippen molar-refractivity contribution in [2.24, 2.45) is 9.98 Å². The molecule has 0 atom stereocenters. The second kappa shape index (κ2) is 8.23. The lowest BCUT2D eigenvalue weighted by Gasteiger charge is -2.08. The van der Waals surface area contributed by atoms with Gasteiger partial charge in [-0.25, -0.2) is 4.99 Å². The molecule has 0 saturated heterocycles. The van der Waals surface area contributed by atoms with Crippen LogP contribution in [0, 0.1) is 0 Å². The van der Waals surface area contributed by atoms with E-state index in [0.29, 0.717) is 20.8 Å². The maximum Gasteiger partial charge on any atom is 0.234 e. The van der Waals surface area contributed by atoms with Gasteiger partial charge in [0.1, 0.15) is 10.7 Å². The third-order valence-electron chi connectivity index (χ3n) is 3.57. The van der Waals surface area contributed by atoms with E-state index in [1.54, 1.807) is 18.2 Å². The van der Waals surface area contributed by atoms with Crippen molar-refractivity contribution in [2.45, 2.75) is 19.5 Å². The molecule has 1 amide bonds. The molecule has 140 valence electrons. The number of anilines is 1. The van der Waals surface area contributed by atoms with Crippen LogP contribution in [-0.4, -0.2) is 28.1 Å². The summed E-state index contributed by atoms with van der Waals surface area (Å²) in [5.74, 6) is 0.00672. The number of hydrogen-bond donors (Lipinski definition) is 1. The number of aliphatic imine (C=N–C) groups is 2. The van der Waals surface area contributed by atoms with Gasteiger partial charge in [-0.05, 0) is 44.2 Å². The molecule has 0 aliphatic carbocycles. The first-order valence-electron chi connectivity index (χ1n) is 8.07. The number of hydrogen-bond acceptors (Lipinski definition) is 4. The Morgan fingerprint density at radius 3 is 2.26 bits per heavy atom. The zero-order valence-corrected chi connectivity index (χ0v) is 17.7. The molecule has 8 heteroatoms. The number of halogens is 3. The zero-order chi connectivity index (χ0) is 19.6. The average Bonchev–Trinajstić information content (AvgIpc) is 2.87. The Kier molecular flexibility index (Phi) is 6.16. The Morgan fingerprint density at radius 2 is 1.63 bits per heavy atom. The minimum absolute atomic E-state index is 0.179. The number of carbonyl (C=O) groups is 1. The van der Waals surface area contributed by atoms with E-state index in [4.69, 9.17) is 34.8 Å². The molecule has 27 heavy (non-hydrogen) atoms. The van der Waals surface area contributed by atoms with E-state index >= 15 is 0 Å².